The highest BCUT2D eigenvalue weighted by atomic mass is 35.5. The molecule has 1 aromatic rings. The van der Waals surface area contributed by atoms with Gasteiger partial charge in [-0.3, -0.25) is 9.59 Å². The van der Waals surface area contributed by atoms with Crippen LogP contribution in [0.15, 0.2) is 0 Å². The standard InChI is InChI=1S/C10H12ClN5O4/c1-20-10-14-8(11)13-9(15-10)16-3-2-12-7(19)5(16)4-6(17)18/h5H,2-4H2,1H3,(H,12,19)(H,17,18). The third-order valence-electron chi connectivity index (χ3n) is 2.71. The Morgan fingerprint density at radius 3 is 2.95 bits per heavy atom. The molecule has 1 amide bonds. The number of rotatable bonds is 4. The first kappa shape index (κ1) is 14.3. The Labute approximate surface area is 118 Å². The highest BCUT2D eigenvalue weighted by Crippen LogP contribution is 2.20. The molecule has 2 heterocycles. The van der Waals surface area contributed by atoms with Crippen LogP contribution >= 0.6 is 11.6 Å². The predicted molar refractivity (Wildman–Crippen MR) is 67.8 cm³/mol. The maximum Gasteiger partial charge on any atom is 0.322 e. The molecular weight excluding hydrogens is 290 g/mol. The quantitative estimate of drug-likeness (QED) is 0.750. The van der Waals surface area contributed by atoms with Gasteiger partial charge in [0.05, 0.1) is 13.5 Å². The van der Waals surface area contributed by atoms with Gasteiger partial charge in [0.1, 0.15) is 6.04 Å². The van der Waals surface area contributed by atoms with E-state index in [0.29, 0.717) is 13.1 Å². The summed E-state index contributed by atoms with van der Waals surface area (Å²) in [6, 6.07) is -0.899. The van der Waals surface area contributed by atoms with Gasteiger partial charge in [0, 0.05) is 13.1 Å². The maximum absolute atomic E-state index is 11.8. The molecule has 0 spiro atoms. The lowest BCUT2D eigenvalue weighted by atomic mass is 10.1. The fourth-order valence-electron chi connectivity index (χ4n) is 1.86. The second kappa shape index (κ2) is 5.87. The highest BCUT2D eigenvalue weighted by molar-refractivity contribution is 6.28. The normalized spacial score (nSPS) is 18.6. The molecule has 0 aromatic carbocycles. The summed E-state index contributed by atoms with van der Waals surface area (Å²) in [5, 5.41) is 11.4. The molecule has 2 N–H and O–H groups in total. The molecule has 0 bridgehead atoms. The molecule has 1 aliphatic rings. The molecule has 9 nitrogen and oxygen atoms in total. The highest BCUT2D eigenvalue weighted by Gasteiger charge is 2.33. The molecule has 1 saturated heterocycles. The van der Waals surface area contributed by atoms with E-state index in [4.69, 9.17) is 21.4 Å². The summed E-state index contributed by atoms with van der Waals surface area (Å²) in [7, 11) is 1.37. The van der Waals surface area contributed by atoms with E-state index in [2.05, 4.69) is 20.3 Å². The van der Waals surface area contributed by atoms with Crippen LogP contribution in [-0.2, 0) is 9.59 Å². The minimum absolute atomic E-state index is 0.0000524. The Balaban J connectivity index is 2.34. The maximum atomic E-state index is 11.8. The Morgan fingerprint density at radius 1 is 1.55 bits per heavy atom. The lowest BCUT2D eigenvalue weighted by Crippen LogP contribution is -2.56. The number of piperazine rings is 1. The number of carbonyl (C=O) groups is 2. The van der Waals surface area contributed by atoms with Gasteiger partial charge >= 0.3 is 12.0 Å². The van der Waals surface area contributed by atoms with E-state index in [0.717, 1.165) is 0 Å². The molecule has 108 valence electrons. The van der Waals surface area contributed by atoms with E-state index in [9.17, 15) is 9.59 Å². The van der Waals surface area contributed by atoms with Gasteiger partial charge in [0.2, 0.25) is 17.1 Å². The van der Waals surface area contributed by atoms with E-state index in [1.54, 1.807) is 0 Å². The Hall–Kier alpha value is -2.16. The van der Waals surface area contributed by atoms with Crippen molar-refractivity contribution >= 4 is 29.4 Å². The number of carboxylic acids is 1. The van der Waals surface area contributed by atoms with E-state index >= 15 is 0 Å². The zero-order valence-electron chi connectivity index (χ0n) is 10.5. The number of carbonyl (C=O) groups excluding carboxylic acids is 1. The molecule has 1 unspecified atom stereocenters. The van der Waals surface area contributed by atoms with Crippen molar-refractivity contribution < 1.29 is 19.4 Å². The van der Waals surface area contributed by atoms with Crippen LogP contribution < -0.4 is 15.0 Å². The van der Waals surface area contributed by atoms with Crippen molar-refractivity contribution in [3.05, 3.63) is 5.28 Å². The second-order valence-electron chi connectivity index (χ2n) is 3.99. The van der Waals surface area contributed by atoms with Gasteiger partial charge < -0.3 is 20.1 Å². The van der Waals surface area contributed by atoms with Crippen molar-refractivity contribution in [1.82, 2.24) is 20.3 Å². The topological polar surface area (TPSA) is 118 Å². The zero-order valence-corrected chi connectivity index (χ0v) is 11.3. The first-order chi connectivity index (χ1) is 9.51. The van der Waals surface area contributed by atoms with Crippen molar-refractivity contribution in [2.45, 2.75) is 12.5 Å². The lowest BCUT2D eigenvalue weighted by Gasteiger charge is -2.34. The third-order valence-corrected chi connectivity index (χ3v) is 2.88. The summed E-state index contributed by atoms with van der Waals surface area (Å²) in [5.41, 5.74) is 0. The second-order valence-corrected chi connectivity index (χ2v) is 4.33. The largest absolute Gasteiger partial charge is 0.481 e. The van der Waals surface area contributed by atoms with Crippen molar-refractivity contribution in [2.75, 3.05) is 25.1 Å². The molecule has 1 fully saturated rings. The monoisotopic (exact) mass is 301 g/mol. The number of methoxy groups -OCH3 is 1. The Bertz CT molecular complexity index is 540. The molecule has 0 saturated carbocycles. The molecule has 2 rings (SSSR count). The number of hydrogen-bond acceptors (Lipinski definition) is 7. The van der Waals surface area contributed by atoms with Gasteiger partial charge in [-0.05, 0) is 11.6 Å². The average molecular weight is 302 g/mol. The molecule has 20 heavy (non-hydrogen) atoms. The van der Waals surface area contributed by atoms with E-state index in [-0.39, 0.29) is 23.7 Å². The zero-order chi connectivity index (χ0) is 14.7. The summed E-state index contributed by atoms with van der Waals surface area (Å²) < 4.78 is 4.88. The number of hydrogen-bond donors (Lipinski definition) is 2. The van der Waals surface area contributed by atoms with Gasteiger partial charge in [-0.15, -0.1) is 0 Å². The number of aromatic nitrogens is 3. The molecule has 1 aromatic heterocycles. The van der Waals surface area contributed by atoms with Crippen LogP contribution in [0.3, 0.4) is 0 Å². The van der Waals surface area contributed by atoms with Crippen LogP contribution in [0.5, 0.6) is 6.01 Å². The Morgan fingerprint density at radius 2 is 2.30 bits per heavy atom. The number of nitrogens with one attached hydrogen (secondary N) is 1. The van der Waals surface area contributed by atoms with Crippen LogP contribution in [0.4, 0.5) is 5.95 Å². The molecule has 0 aliphatic carbocycles. The molecule has 1 aliphatic heterocycles. The number of halogens is 1. The summed E-state index contributed by atoms with van der Waals surface area (Å²) >= 11 is 5.75. The fraction of sp³-hybridized carbons (Fsp3) is 0.500. The molecule has 0 radical (unpaired) electrons. The predicted octanol–water partition coefficient (Wildman–Crippen LogP) is -0.687. The molecule has 10 heteroatoms. The first-order valence-corrected chi connectivity index (χ1v) is 6.10. The van der Waals surface area contributed by atoms with Crippen LogP contribution in [-0.4, -0.2) is 58.2 Å². The van der Waals surface area contributed by atoms with Gasteiger partial charge in [0.25, 0.3) is 0 Å². The SMILES string of the molecule is COc1nc(Cl)nc(N2CCNC(=O)C2CC(=O)O)n1. The number of anilines is 1. The van der Waals surface area contributed by atoms with E-state index in [1.165, 1.54) is 12.0 Å². The van der Waals surface area contributed by atoms with Gasteiger partial charge in [-0.1, -0.05) is 0 Å². The minimum atomic E-state index is -1.09. The number of amides is 1. The van der Waals surface area contributed by atoms with Crippen LogP contribution in [0.1, 0.15) is 6.42 Å². The van der Waals surface area contributed by atoms with Crippen molar-refractivity contribution in [1.29, 1.82) is 0 Å². The van der Waals surface area contributed by atoms with Gasteiger partial charge in [-0.2, -0.15) is 15.0 Å². The minimum Gasteiger partial charge on any atom is -0.481 e. The summed E-state index contributed by atoms with van der Waals surface area (Å²) in [4.78, 5) is 35.8. The summed E-state index contributed by atoms with van der Waals surface area (Å²) in [6.07, 6.45) is -0.364. The molecular formula is C10H12ClN5O4. The van der Waals surface area contributed by atoms with Crippen LogP contribution in [0.2, 0.25) is 5.28 Å². The third kappa shape index (κ3) is 3.05. The number of carboxylic acid groups (broad SMARTS) is 1. The van der Waals surface area contributed by atoms with Crippen LogP contribution in [0.25, 0.3) is 0 Å². The summed E-state index contributed by atoms with van der Waals surface area (Å²) in [5.74, 6) is -1.37. The Kier molecular flexibility index (Phi) is 4.18. The van der Waals surface area contributed by atoms with E-state index in [1.807, 2.05) is 0 Å². The number of ether oxygens (including phenoxy) is 1. The number of aliphatic carboxylic acids is 1. The first-order valence-electron chi connectivity index (χ1n) is 5.73. The average Bonchev–Trinajstić information content (AvgIpc) is 2.39. The van der Waals surface area contributed by atoms with E-state index < -0.39 is 17.9 Å². The fourth-order valence-corrected chi connectivity index (χ4v) is 2.01. The van der Waals surface area contributed by atoms with Crippen molar-refractivity contribution in [3.63, 3.8) is 0 Å². The molecule has 1 atom stereocenters. The smallest absolute Gasteiger partial charge is 0.322 e. The lowest BCUT2D eigenvalue weighted by molar-refractivity contribution is -0.139. The van der Waals surface area contributed by atoms with Crippen molar-refractivity contribution in [3.8, 4) is 6.01 Å². The van der Waals surface area contributed by atoms with Crippen LogP contribution in [0, 0.1) is 0 Å². The van der Waals surface area contributed by atoms with Gasteiger partial charge in [0.15, 0.2) is 0 Å². The number of nitrogens with zero attached hydrogens (tertiary/aromatic N) is 4. The summed E-state index contributed by atoms with van der Waals surface area (Å²) in [6.45, 7) is 0.730. The van der Waals surface area contributed by atoms with Gasteiger partial charge in [-0.25, -0.2) is 0 Å². The van der Waals surface area contributed by atoms with Crippen molar-refractivity contribution in [2.24, 2.45) is 0 Å².